The SMILES string of the molecule is CCCCC/C=C\C=C/CCCCCCCCCCCCC(=O)NC(COC1OC(CO)C(O)C(O)C1O)C(O)/C=C/CCCCCCCCC. The summed E-state index contributed by atoms with van der Waals surface area (Å²) in [5.41, 5.74) is 0. The maximum absolute atomic E-state index is 12.9. The summed E-state index contributed by atoms with van der Waals surface area (Å²) >= 11 is 0. The molecule has 0 saturated carbocycles. The first kappa shape index (κ1) is 47.4. The normalized spacial score (nSPS) is 22.4. The topological polar surface area (TPSA) is 149 Å². The molecule has 1 amide bonds. The molecular formula is C42H77NO8. The van der Waals surface area contributed by atoms with E-state index < -0.39 is 49.5 Å². The minimum atomic E-state index is -1.56. The Balaban J connectivity index is 2.34. The van der Waals surface area contributed by atoms with Gasteiger partial charge in [0, 0.05) is 6.42 Å². The molecule has 1 rings (SSSR count). The van der Waals surface area contributed by atoms with Gasteiger partial charge in [0.2, 0.25) is 5.91 Å². The van der Waals surface area contributed by atoms with Gasteiger partial charge in [-0.05, 0) is 44.9 Å². The monoisotopic (exact) mass is 724 g/mol. The molecule has 0 aromatic carbocycles. The van der Waals surface area contributed by atoms with E-state index >= 15 is 0 Å². The molecule has 0 aromatic rings. The van der Waals surface area contributed by atoms with E-state index in [1.165, 1.54) is 103 Å². The van der Waals surface area contributed by atoms with Gasteiger partial charge in [0.05, 0.1) is 25.4 Å². The summed E-state index contributed by atoms with van der Waals surface area (Å²) in [5.74, 6) is -0.185. The van der Waals surface area contributed by atoms with E-state index in [1.54, 1.807) is 6.08 Å². The third-order valence-electron chi connectivity index (χ3n) is 9.74. The maximum Gasteiger partial charge on any atom is 0.220 e. The second kappa shape index (κ2) is 33.0. The van der Waals surface area contributed by atoms with Crippen molar-refractivity contribution in [1.82, 2.24) is 5.32 Å². The number of unbranched alkanes of at least 4 members (excludes halogenated alkanes) is 20. The fraction of sp³-hybridized carbons (Fsp3) is 0.833. The number of aliphatic hydroxyl groups is 5. The van der Waals surface area contributed by atoms with Crippen LogP contribution in [0.4, 0.5) is 0 Å². The van der Waals surface area contributed by atoms with Crippen LogP contribution in [-0.4, -0.2) is 87.5 Å². The molecule has 1 aliphatic heterocycles. The number of rotatable bonds is 33. The Morgan fingerprint density at radius 3 is 1.69 bits per heavy atom. The Labute approximate surface area is 311 Å². The van der Waals surface area contributed by atoms with Gasteiger partial charge in [0.1, 0.15) is 24.4 Å². The third-order valence-corrected chi connectivity index (χ3v) is 9.74. The van der Waals surface area contributed by atoms with Crippen molar-refractivity contribution < 1.29 is 39.8 Å². The molecule has 51 heavy (non-hydrogen) atoms. The highest BCUT2D eigenvalue weighted by Gasteiger charge is 2.44. The summed E-state index contributed by atoms with van der Waals surface area (Å²) < 4.78 is 11.1. The van der Waals surface area contributed by atoms with Gasteiger partial charge in [-0.25, -0.2) is 0 Å². The van der Waals surface area contributed by atoms with Crippen LogP contribution in [0.2, 0.25) is 0 Å². The number of aliphatic hydroxyl groups excluding tert-OH is 5. The van der Waals surface area contributed by atoms with Crippen LogP contribution >= 0.6 is 0 Å². The van der Waals surface area contributed by atoms with Crippen LogP contribution in [-0.2, 0) is 14.3 Å². The number of hydrogen-bond acceptors (Lipinski definition) is 8. The van der Waals surface area contributed by atoms with E-state index in [2.05, 4.69) is 43.5 Å². The summed E-state index contributed by atoms with van der Waals surface area (Å²) in [6.07, 6.45) is 31.9. The number of carbonyl (C=O) groups excluding carboxylic acids is 1. The van der Waals surface area contributed by atoms with E-state index in [0.717, 1.165) is 44.9 Å². The average Bonchev–Trinajstić information content (AvgIpc) is 3.13. The minimum absolute atomic E-state index is 0.185. The zero-order valence-corrected chi connectivity index (χ0v) is 32.4. The Hall–Kier alpha value is -1.59. The Morgan fingerprint density at radius 2 is 1.14 bits per heavy atom. The van der Waals surface area contributed by atoms with Crippen molar-refractivity contribution in [3.8, 4) is 0 Å². The molecular weight excluding hydrogens is 646 g/mol. The molecule has 298 valence electrons. The molecule has 0 bridgehead atoms. The predicted octanol–water partition coefficient (Wildman–Crippen LogP) is 7.72. The van der Waals surface area contributed by atoms with Crippen LogP contribution in [0.15, 0.2) is 36.5 Å². The molecule has 1 fully saturated rings. The number of carbonyl (C=O) groups is 1. The van der Waals surface area contributed by atoms with Gasteiger partial charge in [0.15, 0.2) is 6.29 Å². The summed E-state index contributed by atoms with van der Waals surface area (Å²) in [5, 5.41) is 53.9. The van der Waals surface area contributed by atoms with Crippen molar-refractivity contribution in [2.75, 3.05) is 13.2 Å². The van der Waals surface area contributed by atoms with E-state index in [0.29, 0.717) is 6.42 Å². The molecule has 1 aliphatic rings. The zero-order chi connectivity index (χ0) is 37.4. The van der Waals surface area contributed by atoms with Gasteiger partial charge in [0.25, 0.3) is 0 Å². The Kier molecular flexibility index (Phi) is 30.7. The van der Waals surface area contributed by atoms with Gasteiger partial charge in [-0.3, -0.25) is 4.79 Å². The Bertz CT molecular complexity index is 894. The number of nitrogens with one attached hydrogen (secondary N) is 1. The summed E-state index contributed by atoms with van der Waals surface area (Å²) in [6.45, 7) is 3.69. The van der Waals surface area contributed by atoms with Crippen molar-refractivity contribution in [3.63, 3.8) is 0 Å². The maximum atomic E-state index is 12.9. The van der Waals surface area contributed by atoms with Crippen LogP contribution in [0.5, 0.6) is 0 Å². The van der Waals surface area contributed by atoms with Crippen LogP contribution in [0.25, 0.3) is 0 Å². The van der Waals surface area contributed by atoms with Crippen LogP contribution < -0.4 is 5.32 Å². The fourth-order valence-corrected chi connectivity index (χ4v) is 6.32. The third kappa shape index (κ3) is 24.4. The van der Waals surface area contributed by atoms with Crippen LogP contribution in [0.1, 0.15) is 168 Å². The lowest BCUT2D eigenvalue weighted by molar-refractivity contribution is -0.302. The standard InChI is InChI=1S/C42H77NO8/c1-3-5-7-9-11-13-14-15-16-17-18-19-20-21-22-24-26-28-30-32-38(46)43-35(36(45)31-29-27-25-23-12-10-8-6-4-2)34-50-42-41(49)40(48)39(47)37(33-44)51-42/h11,13-15,29,31,35-37,39-42,44-45,47-49H,3-10,12,16-28,30,32-34H2,1-2H3,(H,43,46)/b13-11-,15-14-,31-29+. The van der Waals surface area contributed by atoms with Crippen molar-refractivity contribution in [2.45, 2.75) is 211 Å². The minimum Gasteiger partial charge on any atom is -0.394 e. The first-order valence-electron chi connectivity index (χ1n) is 20.7. The Morgan fingerprint density at radius 1 is 0.667 bits per heavy atom. The summed E-state index contributed by atoms with van der Waals surface area (Å²) in [6, 6.07) is -0.802. The highest BCUT2D eigenvalue weighted by molar-refractivity contribution is 5.76. The predicted molar refractivity (Wildman–Crippen MR) is 207 cm³/mol. The van der Waals surface area contributed by atoms with Crippen LogP contribution in [0, 0.1) is 0 Å². The quantitative estimate of drug-likeness (QED) is 0.0229. The lowest BCUT2D eigenvalue weighted by Crippen LogP contribution is -2.60. The van der Waals surface area contributed by atoms with Gasteiger partial charge in [-0.2, -0.15) is 0 Å². The van der Waals surface area contributed by atoms with E-state index in [9.17, 15) is 30.3 Å². The fourth-order valence-electron chi connectivity index (χ4n) is 6.32. The van der Waals surface area contributed by atoms with Crippen molar-refractivity contribution in [1.29, 1.82) is 0 Å². The molecule has 0 radical (unpaired) electrons. The molecule has 1 saturated heterocycles. The van der Waals surface area contributed by atoms with Gasteiger partial charge >= 0.3 is 0 Å². The largest absolute Gasteiger partial charge is 0.394 e. The lowest BCUT2D eigenvalue weighted by Gasteiger charge is -2.40. The van der Waals surface area contributed by atoms with E-state index in [-0.39, 0.29) is 12.5 Å². The highest BCUT2D eigenvalue weighted by Crippen LogP contribution is 2.22. The molecule has 9 nitrogen and oxygen atoms in total. The van der Waals surface area contributed by atoms with Crippen molar-refractivity contribution in [2.24, 2.45) is 0 Å². The zero-order valence-electron chi connectivity index (χ0n) is 32.4. The molecule has 0 spiro atoms. The first-order valence-corrected chi connectivity index (χ1v) is 20.7. The number of allylic oxidation sites excluding steroid dienone is 5. The van der Waals surface area contributed by atoms with E-state index in [1.807, 2.05) is 6.08 Å². The smallest absolute Gasteiger partial charge is 0.220 e. The van der Waals surface area contributed by atoms with Gasteiger partial charge in [-0.1, -0.05) is 153 Å². The first-order chi connectivity index (χ1) is 24.8. The molecule has 7 atom stereocenters. The molecule has 0 aromatic heterocycles. The molecule has 7 unspecified atom stereocenters. The van der Waals surface area contributed by atoms with Gasteiger partial charge in [-0.15, -0.1) is 0 Å². The molecule has 0 aliphatic carbocycles. The van der Waals surface area contributed by atoms with Crippen molar-refractivity contribution >= 4 is 5.91 Å². The second-order valence-corrected chi connectivity index (χ2v) is 14.5. The van der Waals surface area contributed by atoms with Crippen molar-refractivity contribution in [3.05, 3.63) is 36.5 Å². The molecule has 6 N–H and O–H groups in total. The summed E-state index contributed by atoms with van der Waals surface area (Å²) in [7, 11) is 0. The number of amides is 1. The van der Waals surface area contributed by atoms with Crippen LogP contribution in [0.3, 0.4) is 0 Å². The average molecular weight is 724 g/mol. The molecule has 9 heteroatoms. The molecule has 1 heterocycles. The lowest BCUT2D eigenvalue weighted by atomic mass is 9.99. The summed E-state index contributed by atoms with van der Waals surface area (Å²) in [4.78, 5) is 12.9. The number of ether oxygens (including phenoxy) is 2. The highest BCUT2D eigenvalue weighted by atomic mass is 16.7. The van der Waals surface area contributed by atoms with Gasteiger partial charge < -0.3 is 40.3 Å². The van der Waals surface area contributed by atoms with E-state index in [4.69, 9.17) is 9.47 Å². The second-order valence-electron chi connectivity index (χ2n) is 14.5. The number of hydrogen-bond donors (Lipinski definition) is 6.